The topological polar surface area (TPSA) is 85.4 Å². The van der Waals surface area contributed by atoms with Gasteiger partial charge in [0.2, 0.25) is 0 Å². The fraction of sp³-hybridized carbons (Fsp3) is 0.818. The van der Waals surface area contributed by atoms with Crippen LogP contribution in [0.25, 0.3) is 0 Å². The van der Waals surface area contributed by atoms with E-state index in [2.05, 4.69) is 57.2 Å². The number of carbonyl (C=O) groups excluding carboxylic acids is 2. The molecule has 0 amide bonds. The van der Waals surface area contributed by atoms with Crippen molar-refractivity contribution in [1.82, 2.24) is 0 Å². The van der Waals surface area contributed by atoms with E-state index in [0.29, 0.717) is 31.5 Å². The first-order valence-electron chi connectivity index (χ1n) is 21.0. The molecule has 0 bridgehead atoms. The zero-order chi connectivity index (χ0) is 36.3. The number of unbranched alkanes of at least 4 members (excludes halogenated alkanes) is 17. The monoisotopic (exact) mass is 703 g/mol. The average molecular weight is 703 g/mol. The second kappa shape index (κ2) is 34.2. The third-order valence-electron chi connectivity index (χ3n) is 9.48. The van der Waals surface area contributed by atoms with Crippen molar-refractivity contribution in [2.75, 3.05) is 13.2 Å². The van der Waals surface area contributed by atoms with Gasteiger partial charge in [0.1, 0.15) is 19.3 Å². The van der Waals surface area contributed by atoms with Gasteiger partial charge in [0, 0.05) is 12.8 Å². The number of esters is 2. The number of hydrogen-bond acceptors (Lipinski definition) is 6. The van der Waals surface area contributed by atoms with E-state index in [0.717, 1.165) is 50.9 Å². The predicted octanol–water partition coefficient (Wildman–Crippen LogP) is 12.1. The molecule has 0 aromatic rings. The number of carbonyl (C=O) groups is 2. The van der Waals surface area contributed by atoms with Crippen LogP contribution in [0.1, 0.15) is 194 Å². The Morgan fingerprint density at radius 2 is 1.08 bits per heavy atom. The molecule has 1 N–H and O–H groups in total. The van der Waals surface area contributed by atoms with Crippen LogP contribution in [0.3, 0.4) is 0 Å². The molecule has 1 fully saturated rings. The quantitative estimate of drug-likeness (QED) is 0.0303. The molecule has 0 radical (unpaired) electrons. The molecule has 50 heavy (non-hydrogen) atoms. The Bertz CT molecular complexity index is 878. The van der Waals surface area contributed by atoms with Crippen LogP contribution in [-0.2, 0) is 23.8 Å². The molecule has 6 heteroatoms. The largest absolute Gasteiger partial charge is 0.463 e. The molecular formula is C44H78O6. The molecule has 290 valence electrons. The first kappa shape index (κ1) is 46.1. The summed E-state index contributed by atoms with van der Waals surface area (Å²) < 4.78 is 16.0. The molecule has 1 saturated heterocycles. The second-order valence-corrected chi connectivity index (χ2v) is 15.0. The molecule has 2 unspecified atom stereocenters. The van der Waals surface area contributed by atoms with Gasteiger partial charge in [-0.05, 0) is 50.9 Å². The van der Waals surface area contributed by atoms with E-state index < -0.39 is 6.10 Å². The number of allylic oxidation sites excluding steroid dienone is 5. The Balaban J connectivity index is 1.83. The SMILES string of the molecule is CCCCCC1OC1C/C=C\C/C=C\C/C=C\CCCC(=O)OC[C@@H](O)COC(=O)CCCCCCCCCCCCCCCCCC(C)C. The first-order valence-corrected chi connectivity index (χ1v) is 21.0. The lowest BCUT2D eigenvalue weighted by Crippen LogP contribution is -2.25. The highest BCUT2D eigenvalue weighted by molar-refractivity contribution is 5.69. The lowest BCUT2D eigenvalue weighted by atomic mass is 10.0. The molecule has 6 nitrogen and oxygen atoms in total. The van der Waals surface area contributed by atoms with Crippen LogP contribution in [0.15, 0.2) is 36.5 Å². The van der Waals surface area contributed by atoms with Gasteiger partial charge >= 0.3 is 11.9 Å². The van der Waals surface area contributed by atoms with Crippen LogP contribution in [0.2, 0.25) is 0 Å². The molecule has 1 rings (SSSR count). The molecule has 1 aliphatic rings. The van der Waals surface area contributed by atoms with E-state index in [9.17, 15) is 14.7 Å². The number of aliphatic hydroxyl groups excluding tert-OH is 1. The molecule has 1 aliphatic heterocycles. The van der Waals surface area contributed by atoms with Gasteiger partial charge < -0.3 is 19.3 Å². The summed E-state index contributed by atoms with van der Waals surface area (Å²) in [6.07, 6.45) is 43.8. The molecule has 0 aliphatic carbocycles. The van der Waals surface area contributed by atoms with Crippen LogP contribution < -0.4 is 0 Å². The summed E-state index contributed by atoms with van der Waals surface area (Å²) in [5, 5.41) is 10.0. The highest BCUT2D eigenvalue weighted by Gasteiger charge is 2.36. The summed E-state index contributed by atoms with van der Waals surface area (Å²) in [6.45, 7) is 6.59. The minimum atomic E-state index is -0.988. The van der Waals surface area contributed by atoms with Gasteiger partial charge in [0.25, 0.3) is 0 Å². The maximum absolute atomic E-state index is 12.0. The zero-order valence-corrected chi connectivity index (χ0v) is 32.8. The van der Waals surface area contributed by atoms with Crippen molar-refractivity contribution < 1.29 is 28.9 Å². The number of rotatable bonds is 36. The standard InChI is InChI=1S/C44H78O6/c1-4-5-27-33-41-42(50-41)34-29-24-20-16-13-14-18-22-26-31-36-44(47)49-38-40(45)37-48-43(46)35-30-25-21-17-12-10-8-6-7-9-11-15-19-23-28-32-39(2)3/h13,16,18,22,24,29,39-42,45H,4-12,14-15,17,19-21,23,25-28,30-38H2,1-3H3/b16-13-,22-18-,29-24-/t40-,41?,42?/m0/s1. The van der Waals surface area contributed by atoms with Gasteiger partial charge in [-0.2, -0.15) is 0 Å². The highest BCUT2D eigenvalue weighted by Crippen LogP contribution is 2.30. The molecule has 3 atom stereocenters. The molecule has 1 heterocycles. The van der Waals surface area contributed by atoms with Crippen LogP contribution in [0.5, 0.6) is 0 Å². The van der Waals surface area contributed by atoms with Gasteiger partial charge in [-0.1, -0.05) is 173 Å². The minimum Gasteiger partial charge on any atom is -0.463 e. The zero-order valence-electron chi connectivity index (χ0n) is 32.8. The van der Waals surface area contributed by atoms with Crippen molar-refractivity contribution >= 4 is 11.9 Å². The Labute approximate surface area is 308 Å². The number of hydrogen-bond donors (Lipinski definition) is 1. The van der Waals surface area contributed by atoms with Crippen molar-refractivity contribution in [1.29, 1.82) is 0 Å². The fourth-order valence-corrected chi connectivity index (χ4v) is 6.18. The summed E-state index contributed by atoms with van der Waals surface area (Å²) in [4.78, 5) is 24.0. The maximum atomic E-state index is 12.0. The number of ether oxygens (including phenoxy) is 3. The maximum Gasteiger partial charge on any atom is 0.305 e. The predicted molar refractivity (Wildman–Crippen MR) is 209 cm³/mol. The lowest BCUT2D eigenvalue weighted by Gasteiger charge is -2.12. The van der Waals surface area contributed by atoms with E-state index in [1.54, 1.807) is 0 Å². The van der Waals surface area contributed by atoms with E-state index >= 15 is 0 Å². The Hall–Kier alpha value is -1.92. The van der Waals surface area contributed by atoms with E-state index in [4.69, 9.17) is 14.2 Å². The fourth-order valence-electron chi connectivity index (χ4n) is 6.18. The minimum absolute atomic E-state index is 0.134. The molecule has 0 saturated carbocycles. The smallest absolute Gasteiger partial charge is 0.305 e. The van der Waals surface area contributed by atoms with Crippen molar-refractivity contribution in [3.05, 3.63) is 36.5 Å². The number of aliphatic hydroxyl groups is 1. The van der Waals surface area contributed by atoms with Gasteiger partial charge in [-0.25, -0.2) is 0 Å². The van der Waals surface area contributed by atoms with Crippen LogP contribution in [0, 0.1) is 5.92 Å². The first-order chi connectivity index (χ1) is 24.4. The lowest BCUT2D eigenvalue weighted by molar-refractivity contribution is -0.152. The highest BCUT2D eigenvalue weighted by atomic mass is 16.6. The van der Waals surface area contributed by atoms with Crippen LogP contribution in [-0.4, -0.2) is 48.6 Å². The number of epoxide rings is 1. The summed E-state index contributed by atoms with van der Waals surface area (Å²) >= 11 is 0. The van der Waals surface area contributed by atoms with Crippen LogP contribution >= 0.6 is 0 Å². The van der Waals surface area contributed by atoms with E-state index in [-0.39, 0.29) is 25.2 Å². The van der Waals surface area contributed by atoms with Crippen molar-refractivity contribution in [3.63, 3.8) is 0 Å². The Morgan fingerprint density at radius 3 is 1.62 bits per heavy atom. The molecule has 0 aromatic carbocycles. The van der Waals surface area contributed by atoms with Gasteiger partial charge in [0.15, 0.2) is 0 Å². The van der Waals surface area contributed by atoms with Crippen molar-refractivity contribution in [2.24, 2.45) is 5.92 Å². The molecular weight excluding hydrogens is 624 g/mol. The molecule has 0 spiro atoms. The summed E-state index contributed by atoms with van der Waals surface area (Å²) in [5.74, 6) is 0.223. The molecule has 0 aromatic heterocycles. The Kier molecular flexibility index (Phi) is 31.5. The summed E-state index contributed by atoms with van der Waals surface area (Å²) in [6, 6.07) is 0. The second-order valence-electron chi connectivity index (χ2n) is 15.0. The summed E-state index contributed by atoms with van der Waals surface area (Å²) in [7, 11) is 0. The van der Waals surface area contributed by atoms with Crippen LogP contribution in [0.4, 0.5) is 0 Å². The van der Waals surface area contributed by atoms with Gasteiger partial charge in [-0.15, -0.1) is 0 Å². The van der Waals surface area contributed by atoms with Gasteiger partial charge in [-0.3, -0.25) is 9.59 Å². The van der Waals surface area contributed by atoms with Crippen molar-refractivity contribution in [3.8, 4) is 0 Å². The summed E-state index contributed by atoms with van der Waals surface area (Å²) in [5.41, 5.74) is 0. The normalized spacial score (nSPS) is 16.7. The third kappa shape index (κ3) is 32.0. The Morgan fingerprint density at radius 1 is 0.600 bits per heavy atom. The van der Waals surface area contributed by atoms with E-state index in [1.807, 2.05) is 0 Å². The van der Waals surface area contributed by atoms with E-state index in [1.165, 1.54) is 109 Å². The third-order valence-corrected chi connectivity index (χ3v) is 9.48. The van der Waals surface area contributed by atoms with Crippen molar-refractivity contribution in [2.45, 2.75) is 212 Å². The average Bonchev–Trinajstić information content (AvgIpc) is 3.85. The van der Waals surface area contributed by atoms with Gasteiger partial charge in [0.05, 0.1) is 12.2 Å².